The molecule has 1 aromatic heterocycles. The number of amides is 1. The zero-order chi connectivity index (χ0) is 13.4. The molecular formula is C14H18ClN3O. The van der Waals surface area contributed by atoms with Crippen LogP contribution in [0.4, 0.5) is 5.82 Å². The summed E-state index contributed by atoms with van der Waals surface area (Å²) in [4.78, 5) is 18.5. The minimum atomic E-state index is 0.0452. The van der Waals surface area contributed by atoms with Gasteiger partial charge in [-0.1, -0.05) is 24.4 Å². The van der Waals surface area contributed by atoms with Gasteiger partial charge < -0.3 is 10.6 Å². The Kier molecular flexibility index (Phi) is 3.35. The average Bonchev–Trinajstić information content (AvgIpc) is 2.85. The lowest BCUT2D eigenvalue weighted by molar-refractivity contribution is 0.0690. The number of halogens is 1. The van der Waals surface area contributed by atoms with Crippen LogP contribution in [0.5, 0.6) is 0 Å². The maximum atomic E-state index is 12.6. The monoisotopic (exact) mass is 279 g/mol. The molecule has 5 heteroatoms. The fraction of sp³-hybridized carbons (Fsp3) is 0.571. The van der Waals surface area contributed by atoms with Crippen LogP contribution in [0.25, 0.3) is 0 Å². The van der Waals surface area contributed by atoms with Gasteiger partial charge in [0.2, 0.25) is 0 Å². The molecule has 2 heterocycles. The number of aromatic nitrogens is 1. The molecule has 1 aromatic rings. The zero-order valence-electron chi connectivity index (χ0n) is 10.8. The van der Waals surface area contributed by atoms with Gasteiger partial charge in [0.05, 0.1) is 10.6 Å². The first-order valence-electron chi connectivity index (χ1n) is 6.89. The van der Waals surface area contributed by atoms with Crippen LogP contribution in [0.1, 0.15) is 42.5 Å². The number of hydrogen-bond acceptors (Lipinski definition) is 3. The van der Waals surface area contributed by atoms with Crippen LogP contribution >= 0.6 is 11.6 Å². The number of rotatable bonds is 1. The van der Waals surface area contributed by atoms with Crippen LogP contribution in [0.15, 0.2) is 12.3 Å². The van der Waals surface area contributed by atoms with Crippen molar-refractivity contribution in [2.45, 2.75) is 38.1 Å². The Hall–Kier alpha value is -1.29. The summed E-state index contributed by atoms with van der Waals surface area (Å²) in [6.07, 6.45) is 7.58. The van der Waals surface area contributed by atoms with Gasteiger partial charge in [0, 0.05) is 18.8 Å². The molecule has 2 N–H and O–H groups in total. The molecule has 2 aliphatic rings. The Morgan fingerprint density at radius 3 is 2.95 bits per heavy atom. The number of carbonyl (C=O) groups is 1. The third kappa shape index (κ3) is 2.29. The normalized spacial score (nSPS) is 26.3. The average molecular weight is 280 g/mol. The van der Waals surface area contributed by atoms with Gasteiger partial charge in [-0.3, -0.25) is 4.79 Å². The SMILES string of the molecule is Nc1ncc(C(=O)N2CCC3CCCCC32)cc1Cl. The van der Waals surface area contributed by atoms with Crippen molar-refractivity contribution in [2.75, 3.05) is 12.3 Å². The van der Waals surface area contributed by atoms with Crippen molar-refractivity contribution in [2.24, 2.45) is 5.92 Å². The summed E-state index contributed by atoms with van der Waals surface area (Å²) in [7, 11) is 0. The summed E-state index contributed by atoms with van der Waals surface area (Å²) in [6, 6.07) is 2.04. The molecular weight excluding hydrogens is 262 g/mol. The number of hydrogen-bond donors (Lipinski definition) is 1. The van der Waals surface area contributed by atoms with E-state index in [9.17, 15) is 4.79 Å². The van der Waals surface area contributed by atoms with Gasteiger partial charge in [0.25, 0.3) is 5.91 Å². The molecule has 2 fully saturated rings. The summed E-state index contributed by atoms with van der Waals surface area (Å²) >= 11 is 5.94. The fourth-order valence-electron chi connectivity index (χ4n) is 3.39. The van der Waals surface area contributed by atoms with E-state index in [2.05, 4.69) is 4.98 Å². The standard InChI is InChI=1S/C14H18ClN3O/c15-11-7-10(8-17-13(11)16)14(19)18-6-5-9-3-1-2-4-12(9)18/h7-9,12H,1-6H2,(H2,16,17). The number of carbonyl (C=O) groups excluding carboxylic acids is 1. The van der Waals surface area contributed by atoms with Crippen molar-refractivity contribution in [3.05, 3.63) is 22.8 Å². The second-order valence-electron chi connectivity index (χ2n) is 5.49. The molecule has 2 atom stereocenters. The highest BCUT2D eigenvalue weighted by Crippen LogP contribution is 2.37. The van der Waals surface area contributed by atoms with Crippen molar-refractivity contribution in [1.29, 1.82) is 0 Å². The Morgan fingerprint density at radius 2 is 2.16 bits per heavy atom. The maximum Gasteiger partial charge on any atom is 0.255 e. The first-order chi connectivity index (χ1) is 9.16. The van der Waals surface area contributed by atoms with Gasteiger partial charge >= 0.3 is 0 Å². The second kappa shape index (κ2) is 5.00. The van der Waals surface area contributed by atoms with Crippen molar-refractivity contribution < 1.29 is 4.79 Å². The zero-order valence-corrected chi connectivity index (χ0v) is 11.6. The topological polar surface area (TPSA) is 59.2 Å². The number of nitrogens with two attached hydrogens (primary N) is 1. The molecule has 2 unspecified atom stereocenters. The molecule has 0 spiro atoms. The molecule has 1 amide bonds. The summed E-state index contributed by atoms with van der Waals surface area (Å²) < 4.78 is 0. The number of nitrogens with zero attached hydrogens (tertiary/aromatic N) is 2. The van der Waals surface area contributed by atoms with Crippen LogP contribution in [0.2, 0.25) is 5.02 Å². The van der Waals surface area contributed by atoms with E-state index in [1.165, 1.54) is 25.5 Å². The lowest BCUT2D eigenvalue weighted by atomic mass is 9.85. The van der Waals surface area contributed by atoms with Gasteiger partial charge in [0.15, 0.2) is 0 Å². The Bertz CT molecular complexity index is 505. The van der Waals surface area contributed by atoms with Crippen molar-refractivity contribution >= 4 is 23.3 Å². The number of nitrogen functional groups attached to an aromatic ring is 1. The van der Waals surface area contributed by atoms with Crippen LogP contribution in [0, 0.1) is 5.92 Å². The van der Waals surface area contributed by atoms with E-state index in [4.69, 9.17) is 17.3 Å². The van der Waals surface area contributed by atoms with Gasteiger partial charge in [-0.25, -0.2) is 4.98 Å². The van der Waals surface area contributed by atoms with Crippen LogP contribution in [-0.2, 0) is 0 Å². The molecule has 1 saturated heterocycles. The highest BCUT2D eigenvalue weighted by Gasteiger charge is 2.38. The predicted octanol–water partition coefficient (Wildman–Crippen LogP) is 2.72. The van der Waals surface area contributed by atoms with Gasteiger partial charge in [-0.15, -0.1) is 0 Å². The first kappa shape index (κ1) is 12.7. The molecule has 1 aliphatic heterocycles. The van der Waals surface area contributed by atoms with Crippen molar-refractivity contribution in [3.63, 3.8) is 0 Å². The minimum absolute atomic E-state index is 0.0452. The Balaban J connectivity index is 1.81. The van der Waals surface area contributed by atoms with Gasteiger partial charge in [-0.2, -0.15) is 0 Å². The molecule has 1 saturated carbocycles. The molecule has 0 radical (unpaired) electrons. The van der Waals surface area contributed by atoms with E-state index in [-0.39, 0.29) is 11.7 Å². The summed E-state index contributed by atoms with van der Waals surface area (Å²) in [5, 5.41) is 0.352. The second-order valence-corrected chi connectivity index (χ2v) is 5.90. The largest absolute Gasteiger partial charge is 0.382 e. The van der Waals surface area contributed by atoms with Crippen LogP contribution < -0.4 is 5.73 Å². The smallest absolute Gasteiger partial charge is 0.255 e. The third-order valence-corrected chi connectivity index (χ3v) is 4.69. The first-order valence-corrected chi connectivity index (χ1v) is 7.26. The number of fused-ring (bicyclic) bond motifs is 1. The molecule has 19 heavy (non-hydrogen) atoms. The molecule has 3 rings (SSSR count). The van der Waals surface area contributed by atoms with Crippen LogP contribution in [-0.4, -0.2) is 28.4 Å². The lowest BCUT2D eigenvalue weighted by Crippen LogP contribution is -2.39. The number of likely N-dealkylation sites (tertiary alicyclic amines) is 1. The van der Waals surface area contributed by atoms with Gasteiger partial charge in [0.1, 0.15) is 5.82 Å². The van der Waals surface area contributed by atoms with E-state index < -0.39 is 0 Å². The van der Waals surface area contributed by atoms with Crippen molar-refractivity contribution in [1.82, 2.24) is 9.88 Å². The molecule has 4 nitrogen and oxygen atoms in total. The van der Waals surface area contributed by atoms with E-state index in [0.717, 1.165) is 19.4 Å². The molecule has 0 aromatic carbocycles. The highest BCUT2D eigenvalue weighted by atomic mass is 35.5. The van der Waals surface area contributed by atoms with E-state index in [1.807, 2.05) is 4.90 Å². The van der Waals surface area contributed by atoms with E-state index in [0.29, 0.717) is 22.5 Å². The van der Waals surface area contributed by atoms with Gasteiger partial charge in [-0.05, 0) is 31.2 Å². The minimum Gasteiger partial charge on any atom is -0.382 e. The molecule has 102 valence electrons. The predicted molar refractivity (Wildman–Crippen MR) is 75.1 cm³/mol. The summed E-state index contributed by atoms with van der Waals surface area (Å²) in [5.41, 5.74) is 6.13. The third-order valence-electron chi connectivity index (χ3n) is 4.39. The number of anilines is 1. The Morgan fingerprint density at radius 1 is 1.37 bits per heavy atom. The maximum absolute atomic E-state index is 12.6. The van der Waals surface area contributed by atoms with E-state index in [1.54, 1.807) is 6.07 Å². The highest BCUT2D eigenvalue weighted by molar-refractivity contribution is 6.33. The number of pyridine rings is 1. The Labute approximate surface area is 117 Å². The summed E-state index contributed by atoms with van der Waals surface area (Å²) in [6.45, 7) is 0.857. The van der Waals surface area contributed by atoms with Crippen LogP contribution in [0.3, 0.4) is 0 Å². The summed E-state index contributed by atoms with van der Waals surface area (Å²) in [5.74, 6) is 1.01. The molecule has 0 bridgehead atoms. The van der Waals surface area contributed by atoms with E-state index >= 15 is 0 Å². The fourth-order valence-corrected chi connectivity index (χ4v) is 3.56. The quantitative estimate of drug-likeness (QED) is 0.860. The lowest BCUT2D eigenvalue weighted by Gasteiger charge is -2.31. The van der Waals surface area contributed by atoms with Crippen molar-refractivity contribution in [3.8, 4) is 0 Å². The molecule has 1 aliphatic carbocycles.